The van der Waals surface area contributed by atoms with Crippen LogP contribution in [0, 0.1) is 0 Å². The Kier molecular flexibility index (Phi) is 7.06. The van der Waals surface area contributed by atoms with E-state index in [4.69, 9.17) is 23.2 Å². The number of hydrogen-bond donors (Lipinski definition) is 1. The minimum atomic E-state index is 0.307. The monoisotopic (exact) mass is 287 g/mol. The first-order chi connectivity index (χ1) is 8.58. The number of rotatable bonds is 7. The topological polar surface area (TPSA) is 12.0 Å². The smallest absolute Gasteiger partial charge is 0.0468 e. The Balaban J connectivity index is 2.70. The zero-order valence-electron chi connectivity index (χ0n) is 11.5. The number of unbranched alkanes of at least 4 members (excludes halogenated alkanes) is 1. The molecule has 0 amide bonds. The van der Waals surface area contributed by atoms with Crippen molar-refractivity contribution in [2.24, 2.45) is 0 Å². The third kappa shape index (κ3) is 4.79. The van der Waals surface area contributed by atoms with Gasteiger partial charge < -0.3 is 5.32 Å². The molecule has 0 spiro atoms. The second-order valence-electron chi connectivity index (χ2n) is 4.84. The average molecular weight is 288 g/mol. The van der Waals surface area contributed by atoms with E-state index in [1.807, 2.05) is 18.2 Å². The van der Waals surface area contributed by atoms with Crippen LogP contribution in [-0.2, 0) is 0 Å². The molecule has 0 saturated heterocycles. The van der Waals surface area contributed by atoms with Gasteiger partial charge in [-0.3, -0.25) is 0 Å². The van der Waals surface area contributed by atoms with Crippen molar-refractivity contribution < 1.29 is 0 Å². The maximum absolute atomic E-state index is 6.27. The molecule has 0 aromatic heterocycles. The fraction of sp³-hybridized carbons (Fsp3) is 0.600. The highest BCUT2D eigenvalue weighted by molar-refractivity contribution is 6.35. The highest BCUT2D eigenvalue weighted by atomic mass is 35.5. The Morgan fingerprint density at radius 2 is 1.94 bits per heavy atom. The van der Waals surface area contributed by atoms with Crippen LogP contribution >= 0.6 is 23.2 Å². The minimum absolute atomic E-state index is 0.307. The van der Waals surface area contributed by atoms with Crippen LogP contribution in [0.5, 0.6) is 0 Å². The summed E-state index contributed by atoms with van der Waals surface area (Å²) in [5, 5.41) is 5.10. The molecular formula is C15H23Cl2N. The summed E-state index contributed by atoms with van der Waals surface area (Å²) in [6, 6.07) is 6.57. The zero-order valence-corrected chi connectivity index (χ0v) is 13.0. The van der Waals surface area contributed by atoms with Crippen molar-refractivity contribution in [2.75, 3.05) is 0 Å². The van der Waals surface area contributed by atoms with Crippen LogP contribution in [0.4, 0.5) is 0 Å². The first-order valence-corrected chi connectivity index (χ1v) is 7.55. The van der Waals surface area contributed by atoms with Crippen LogP contribution in [0.2, 0.25) is 10.0 Å². The van der Waals surface area contributed by atoms with Gasteiger partial charge in [0, 0.05) is 22.1 Å². The Hall–Kier alpha value is -0.240. The molecule has 0 aliphatic heterocycles. The molecule has 1 N–H and O–H groups in total. The summed E-state index contributed by atoms with van der Waals surface area (Å²) in [6.45, 7) is 6.64. The molecule has 1 aromatic rings. The molecule has 2 unspecified atom stereocenters. The van der Waals surface area contributed by atoms with E-state index >= 15 is 0 Å². The number of hydrogen-bond acceptors (Lipinski definition) is 1. The molecule has 2 atom stereocenters. The quantitative estimate of drug-likeness (QED) is 0.687. The van der Waals surface area contributed by atoms with Gasteiger partial charge in [0.15, 0.2) is 0 Å². The number of nitrogens with one attached hydrogen (secondary N) is 1. The number of halogens is 2. The molecule has 0 radical (unpaired) electrons. The minimum Gasteiger partial charge on any atom is -0.307 e. The highest BCUT2D eigenvalue weighted by Crippen LogP contribution is 2.28. The maximum Gasteiger partial charge on any atom is 0.0468 e. The number of benzene rings is 1. The van der Waals surface area contributed by atoms with E-state index in [-0.39, 0.29) is 0 Å². The van der Waals surface area contributed by atoms with Gasteiger partial charge in [-0.2, -0.15) is 0 Å². The van der Waals surface area contributed by atoms with Crippen molar-refractivity contribution in [3.8, 4) is 0 Å². The fourth-order valence-electron chi connectivity index (χ4n) is 2.15. The van der Waals surface area contributed by atoms with Gasteiger partial charge >= 0.3 is 0 Å². The molecule has 18 heavy (non-hydrogen) atoms. The lowest BCUT2D eigenvalue weighted by molar-refractivity contribution is 0.418. The second-order valence-corrected chi connectivity index (χ2v) is 5.68. The summed E-state index contributed by atoms with van der Waals surface area (Å²) in [5.74, 6) is 0. The van der Waals surface area contributed by atoms with Crippen molar-refractivity contribution in [2.45, 2.75) is 58.5 Å². The predicted molar refractivity (Wildman–Crippen MR) is 81.6 cm³/mol. The molecule has 0 bridgehead atoms. The lowest BCUT2D eigenvalue weighted by Gasteiger charge is -2.23. The van der Waals surface area contributed by atoms with Crippen molar-refractivity contribution in [1.82, 2.24) is 5.32 Å². The molecule has 0 aliphatic rings. The lowest BCUT2D eigenvalue weighted by atomic mass is 10.0. The summed E-state index contributed by atoms with van der Waals surface area (Å²) < 4.78 is 0. The van der Waals surface area contributed by atoms with Crippen LogP contribution in [0.25, 0.3) is 0 Å². The third-order valence-corrected chi connectivity index (χ3v) is 3.78. The van der Waals surface area contributed by atoms with Crippen LogP contribution in [0.3, 0.4) is 0 Å². The SMILES string of the molecule is CCCCC(C)NC(CC)c1ccc(Cl)cc1Cl. The van der Waals surface area contributed by atoms with Crippen molar-refractivity contribution in [1.29, 1.82) is 0 Å². The van der Waals surface area contributed by atoms with Gasteiger partial charge in [-0.05, 0) is 37.5 Å². The molecule has 1 aromatic carbocycles. The van der Waals surface area contributed by atoms with Crippen molar-refractivity contribution in [3.63, 3.8) is 0 Å². The summed E-state index contributed by atoms with van der Waals surface area (Å²) in [6.07, 6.45) is 4.74. The molecule has 0 heterocycles. The average Bonchev–Trinajstić information content (AvgIpc) is 2.34. The molecule has 0 aliphatic carbocycles. The van der Waals surface area contributed by atoms with E-state index in [0.717, 1.165) is 17.0 Å². The molecule has 0 fully saturated rings. The summed E-state index contributed by atoms with van der Waals surface area (Å²) >= 11 is 12.2. The van der Waals surface area contributed by atoms with Gasteiger partial charge in [0.05, 0.1) is 0 Å². The molecule has 3 heteroatoms. The van der Waals surface area contributed by atoms with Crippen LogP contribution in [0.1, 0.15) is 58.1 Å². The molecule has 1 nitrogen and oxygen atoms in total. The van der Waals surface area contributed by atoms with Crippen LogP contribution < -0.4 is 5.32 Å². The van der Waals surface area contributed by atoms with E-state index in [2.05, 4.69) is 26.1 Å². The zero-order chi connectivity index (χ0) is 13.5. The predicted octanol–water partition coefficient (Wildman–Crippen LogP) is 5.61. The van der Waals surface area contributed by atoms with Crippen LogP contribution in [0.15, 0.2) is 18.2 Å². The summed E-state index contributed by atoms with van der Waals surface area (Å²) in [4.78, 5) is 0. The van der Waals surface area contributed by atoms with E-state index in [1.165, 1.54) is 19.3 Å². The fourth-order valence-corrected chi connectivity index (χ4v) is 2.69. The largest absolute Gasteiger partial charge is 0.307 e. The molecule has 102 valence electrons. The van der Waals surface area contributed by atoms with Gasteiger partial charge in [0.2, 0.25) is 0 Å². The highest BCUT2D eigenvalue weighted by Gasteiger charge is 2.15. The lowest BCUT2D eigenvalue weighted by Crippen LogP contribution is -2.30. The van der Waals surface area contributed by atoms with Gasteiger partial charge in [0.25, 0.3) is 0 Å². The van der Waals surface area contributed by atoms with Gasteiger partial charge in [-0.1, -0.05) is 56.0 Å². The normalized spacial score (nSPS) is 14.5. The molecule has 0 saturated carbocycles. The Bertz CT molecular complexity index is 366. The van der Waals surface area contributed by atoms with Crippen LogP contribution in [-0.4, -0.2) is 6.04 Å². The first kappa shape index (κ1) is 15.8. The van der Waals surface area contributed by atoms with E-state index in [1.54, 1.807) is 0 Å². The van der Waals surface area contributed by atoms with E-state index in [9.17, 15) is 0 Å². The Morgan fingerprint density at radius 3 is 2.50 bits per heavy atom. The van der Waals surface area contributed by atoms with Gasteiger partial charge in [-0.25, -0.2) is 0 Å². The Labute approximate surface area is 121 Å². The maximum atomic E-state index is 6.27. The van der Waals surface area contributed by atoms with E-state index in [0.29, 0.717) is 17.1 Å². The summed E-state index contributed by atoms with van der Waals surface area (Å²) in [5.41, 5.74) is 1.15. The van der Waals surface area contributed by atoms with Crippen molar-refractivity contribution in [3.05, 3.63) is 33.8 Å². The Morgan fingerprint density at radius 1 is 1.22 bits per heavy atom. The molecule has 1 rings (SSSR count). The standard InChI is InChI=1S/C15H23Cl2N/c1-4-6-7-11(3)18-15(5-2)13-9-8-12(16)10-14(13)17/h8-11,15,18H,4-7H2,1-3H3. The second kappa shape index (κ2) is 8.04. The third-order valence-electron chi connectivity index (χ3n) is 3.22. The van der Waals surface area contributed by atoms with Gasteiger partial charge in [-0.15, -0.1) is 0 Å². The van der Waals surface area contributed by atoms with E-state index < -0.39 is 0 Å². The summed E-state index contributed by atoms with van der Waals surface area (Å²) in [7, 11) is 0. The van der Waals surface area contributed by atoms with Crippen molar-refractivity contribution >= 4 is 23.2 Å². The first-order valence-electron chi connectivity index (χ1n) is 6.79. The molecular weight excluding hydrogens is 265 g/mol. The van der Waals surface area contributed by atoms with Gasteiger partial charge in [0.1, 0.15) is 0 Å².